The molecule has 8 nitrogen and oxygen atoms in total. The predicted octanol–water partition coefficient (Wildman–Crippen LogP) is 2.04. The van der Waals surface area contributed by atoms with Crippen LogP contribution in [0, 0.1) is 5.92 Å². The number of hydrogen-bond acceptors (Lipinski definition) is 5. The maximum absolute atomic E-state index is 13.0. The molecule has 3 amide bonds. The molecule has 2 aliphatic rings. The number of ether oxygens (including phenoxy) is 1. The first kappa shape index (κ1) is 23.1. The SMILES string of the molecule is COC[C@H](c1ccnc(NC(=O)[C@@H](N)C2CC(F)(F)C2)c1)N1C[C@@H](C(F)(F)F)NC1=O. The summed E-state index contributed by atoms with van der Waals surface area (Å²) in [6.07, 6.45) is -4.26. The number of nitrogens with zero attached hydrogens (tertiary/aromatic N) is 2. The second kappa shape index (κ2) is 8.54. The van der Waals surface area contributed by atoms with E-state index in [1.54, 1.807) is 0 Å². The fourth-order valence-corrected chi connectivity index (χ4v) is 3.64. The van der Waals surface area contributed by atoms with Gasteiger partial charge in [-0.25, -0.2) is 18.6 Å². The number of hydrogen-bond donors (Lipinski definition) is 3. The molecule has 0 bridgehead atoms. The molecule has 1 aromatic heterocycles. The molecule has 1 saturated carbocycles. The molecular weight excluding hydrogens is 429 g/mol. The van der Waals surface area contributed by atoms with Crippen molar-refractivity contribution in [2.24, 2.45) is 11.7 Å². The van der Waals surface area contributed by atoms with Gasteiger partial charge in [-0.1, -0.05) is 0 Å². The lowest BCUT2D eigenvalue weighted by atomic mass is 9.76. The highest BCUT2D eigenvalue weighted by Gasteiger charge is 2.50. The van der Waals surface area contributed by atoms with E-state index in [9.17, 15) is 31.5 Å². The first-order valence-electron chi connectivity index (χ1n) is 9.44. The van der Waals surface area contributed by atoms with Crippen LogP contribution in [0.15, 0.2) is 18.3 Å². The Kier molecular flexibility index (Phi) is 6.37. The number of aromatic nitrogens is 1. The number of nitrogens with one attached hydrogen (secondary N) is 2. The van der Waals surface area contributed by atoms with Gasteiger partial charge in [0.15, 0.2) is 0 Å². The molecule has 13 heteroatoms. The summed E-state index contributed by atoms with van der Waals surface area (Å²) in [6.45, 7) is -0.715. The van der Waals surface area contributed by atoms with Crippen LogP contribution < -0.4 is 16.4 Å². The van der Waals surface area contributed by atoms with Crippen molar-refractivity contribution in [3.05, 3.63) is 23.9 Å². The lowest BCUT2D eigenvalue weighted by Crippen LogP contribution is -2.51. The number of carbonyl (C=O) groups excluding carboxylic acids is 2. The Morgan fingerprint density at radius 1 is 1.45 bits per heavy atom. The normalized spacial score (nSPS) is 23.1. The minimum atomic E-state index is -4.60. The van der Waals surface area contributed by atoms with E-state index < -0.39 is 67.5 Å². The summed E-state index contributed by atoms with van der Waals surface area (Å²) in [6, 6.07) is -2.11. The molecule has 1 aliphatic carbocycles. The average molecular weight is 451 g/mol. The van der Waals surface area contributed by atoms with Gasteiger partial charge in [0.2, 0.25) is 11.8 Å². The molecule has 3 atom stereocenters. The fourth-order valence-electron chi connectivity index (χ4n) is 3.64. The second-order valence-electron chi connectivity index (χ2n) is 7.68. The first-order valence-corrected chi connectivity index (χ1v) is 9.44. The number of carbonyl (C=O) groups is 2. The maximum atomic E-state index is 13.0. The summed E-state index contributed by atoms with van der Waals surface area (Å²) in [4.78, 5) is 29.4. The molecular formula is C18H22F5N5O3. The quantitative estimate of drug-likeness (QED) is 0.550. The van der Waals surface area contributed by atoms with Crippen LogP contribution in [0.3, 0.4) is 0 Å². The third kappa shape index (κ3) is 5.21. The molecule has 2 heterocycles. The van der Waals surface area contributed by atoms with Crippen LogP contribution in [0.5, 0.6) is 0 Å². The Morgan fingerprint density at radius 3 is 2.68 bits per heavy atom. The standard InChI is InChI=1S/C18H22F5N5O3/c1-31-8-11(28-7-12(18(21,22)23)26-16(28)30)9-2-3-25-13(4-9)27-15(29)14(24)10-5-17(19,20)6-10/h2-4,10-12,14H,5-8,24H2,1H3,(H,26,30)(H,25,27,29)/t11-,12+,14+/m1/s1. The van der Waals surface area contributed by atoms with Crippen LogP contribution in [0.2, 0.25) is 0 Å². The predicted molar refractivity (Wildman–Crippen MR) is 98.2 cm³/mol. The Hall–Kier alpha value is -2.54. The van der Waals surface area contributed by atoms with E-state index in [4.69, 9.17) is 10.5 Å². The van der Waals surface area contributed by atoms with Gasteiger partial charge in [0, 0.05) is 26.1 Å². The molecule has 0 radical (unpaired) electrons. The highest BCUT2D eigenvalue weighted by Crippen LogP contribution is 2.43. The van der Waals surface area contributed by atoms with Gasteiger partial charge in [0.1, 0.15) is 11.9 Å². The topological polar surface area (TPSA) is 110 Å². The number of urea groups is 1. The lowest BCUT2D eigenvalue weighted by molar-refractivity contribution is -0.150. The molecule has 3 rings (SSSR count). The Balaban J connectivity index is 1.72. The second-order valence-corrected chi connectivity index (χ2v) is 7.68. The van der Waals surface area contributed by atoms with Crippen LogP contribution in [0.1, 0.15) is 24.4 Å². The minimum Gasteiger partial charge on any atom is -0.382 e. The summed E-state index contributed by atoms with van der Waals surface area (Å²) in [7, 11) is 1.33. The van der Waals surface area contributed by atoms with E-state index in [1.165, 1.54) is 25.4 Å². The zero-order valence-corrected chi connectivity index (χ0v) is 16.5. The largest absolute Gasteiger partial charge is 0.410 e. The van der Waals surface area contributed by atoms with Gasteiger partial charge in [-0.05, 0) is 23.6 Å². The summed E-state index contributed by atoms with van der Waals surface area (Å²) < 4.78 is 70.1. The minimum absolute atomic E-state index is 0.0251. The van der Waals surface area contributed by atoms with Gasteiger partial charge in [-0.3, -0.25) is 4.79 Å². The van der Waals surface area contributed by atoms with Crippen molar-refractivity contribution in [3.8, 4) is 0 Å². The molecule has 0 unspecified atom stereocenters. The van der Waals surface area contributed by atoms with Crippen LogP contribution in [-0.2, 0) is 9.53 Å². The first-order chi connectivity index (χ1) is 14.4. The van der Waals surface area contributed by atoms with Crippen molar-refractivity contribution in [2.45, 2.75) is 43.1 Å². The van der Waals surface area contributed by atoms with Gasteiger partial charge in [0.05, 0.1) is 25.2 Å². The third-order valence-electron chi connectivity index (χ3n) is 5.39. The molecule has 1 aromatic rings. The number of methoxy groups -OCH3 is 1. The van der Waals surface area contributed by atoms with Crippen molar-refractivity contribution in [1.82, 2.24) is 15.2 Å². The number of pyridine rings is 1. The van der Waals surface area contributed by atoms with Crippen LogP contribution in [-0.4, -0.2) is 66.3 Å². The van der Waals surface area contributed by atoms with Crippen LogP contribution in [0.25, 0.3) is 0 Å². The molecule has 1 saturated heterocycles. The van der Waals surface area contributed by atoms with Crippen LogP contribution in [0.4, 0.5) is 32.6 Å². The van der Waals surface area contributed by atoms with E-state index in [-0.39, 0.29) is 12.4 Å². The number of alkyl halides is 5. The van der Waals surface area contributed by atoms with Crippen molar-refractivity contribution in [2.75, 3.05) is 25.6 Å². The van der Waals surface area contributed by atoms with Gasteiger partial charge >= 0.3 is 12.2 Å². The van der Waals surface area contributed by atoms with E-state index in [0.29, 0.717) is 5.56 Å². The summed E-state index contributed by atoms with van der Waals surface area (Å²) >= 11 is 0. The van der Waals surface area contributed by atoms with Crippen molar-refractivity contribution in [3.63, 3.8) is 0 Å². The summed E-state index contributed by atoms with van der Waals surface area (Å²) in [5, 5.41) is 4.32. The fraction of sp³-hybridized carbons (Fsp3) is 0.611. The van der Waals surface area contributed by atoms with E-state index >= 15 is 0 Å². The highest BCUT2D eigenvalue weighted by atomic mass is 19.4. The van der Waals surface area contributed by atoms with E-state index in [2.05, 4.69) is 10.3 Å². The van der Waals surface area contributed by atoms with Crippen molar-refractivity contribution < 1.29 is 36.3 Å². The van der Waals surface area contributed by atoms with Gasteiger partial charge in [-0.15, -0.1) is 0 Å². The maximum Gasteiger partial charge on any atom is 0.410 e. The molecule has 31 heavy (non-hydrogen) atoms. The molecule has 0 aromatic carbocycles. The molecule has 4 N–H and O–H groups in total. The Bertz CT molecular complexity index is 829. The van der Waals surface area contributed by atoms with Gasteiger partial charge in [0.25, 0.3) is 0 Å². The van der Waals surface area contributed by atoms with Gasteiger partial charge < -0.3 is 26.0 Å². The number of amides is 3. The molecule has 172 valence electrons. The van der Waals surface area contributed by atoms with E-state index in [0.717, 1.165) is 4.90 Å². The highest BCUT2D eigenvalue weighted by molar-refractivity contribution is 5.94. The van der Waals surface area contributed by atoms with Gasteiger partial charge in [-0.2, -0.15) is 13.2 Å². The summed E-state index contributed by atoms with van der Waals surface area (Å²) in [5.74, 6) is -4.16. The molecule has 2 fully saturated rings. The number of halogens is 5. The smallest absolute Gasteiger partial charge is 0.382 e. The van der Waals surface area contributed by atoms with Crippen molar-refractivity contribution in [1.29, 1.82) is 0 Å². The molecule has 0 spiro atoms. The number of rotatable bonds is 7. The Labute approximate surface area is 174 Å². The number of nitrogens with two attached hydrogens (primary N) is 1. The zero-order valence-electron chi connectivity index (χ0n) is 16.5. The monoisotopic (exact) mass is 451 g/mol. The van der Waals surface area contributed by atoms with Crippen molar-refractivity contribution >= 4 is 17.8 Å². The summed E-state index contributed by atoms with van der Waals surface area (Å²) in [5.41, 5.74) is 6.12. The Morgan fingerprint density at radius 2 is 2.13 bits per heavy atom. The van der Waals surface area contributed by atoms with E-state index in [1.807, 2.05) is 5.32 Å². The number of anilines is 1. The van der Waals surface area contributed by atoms with Crippen LogP contribution >= 0.6 is 0 Å². The third-order valence-corrected chi connectivity index (χ3v) is 5.39. The molecule has 1 aliphatic heterocycles. The average Bonchev–Trinajstić information content (AvgIpc) is 3.05. The lowest BCUT2D eigenvalue weighted by Gasteiger charge is -2.37. The zero-order chi connectivity index (χ0) is 23.0.